The monoisotopic (exact) mass is 480 g/mol. The van der Waals surface area contributed by atoms with Crippen molar-refractivity contribution < 1.29 is 14.0 Å². The smallest absolute Gasteiger partial charge is 0.247 e. The van der Waals surface area contributed by atoms with E-state index in [0.717, 1.165) is 5.03 Å². The van der Waals surface area contributed by atoms with E-state index in [0.29, 0.717) is 12.8 Å². The molecule has 5 nitrogen and oxygen atoms in total. The molecule has 0 bridgehead atoms. The van der Waals surface area contributed by atoms with E-state index in [9.17, 15) is 9.59 Å². The number of carbonyl (C=O) groups is 2. The van der Waals surface area contributed by atoms with Crippen LogP contribution in [0, 0.1) is 17.8 Å². The molecule has 0 aliphatic heterocycles. The molecule has 180 valence electrons. The lowest BCUT2D eigenvalue weighted by Gasteiger charge is -2.39. The molecule has 0 spiro atoms. The molecule has 0 saturated heterocycles. The minimum Gasteiger partial charge on any atom is -0.413 e. The summed E-state index contributed by atoms with van der Waals surface area (Å²) in [6.45, 7) is 18.5. The van der Waals surface area contributed by atoms with Crippen molar-refractivity contribution in [2.75, 3.05) is 0 Å². The van der Waals surface area contributed by atoms with Crippen molar-refractivity contribution >= 4 is 31.7 Å². The zero-order valence-corrected chi connectivity index (χ0v) is 22.9. The van der Waals surface area contributed by atoms with Crippen LogP contribution in [0.25, 0.3) is 0 Å². The van der Waals surface area contributed by atoms with Gasteiger partial charge in [0, 0.05) is 11.1 Å². The number of carbonyl (C=O) groups excluding carboxylic acids is 2. The molecular formula is C25H41ClN2O3Si. The number of amides is 2. The van der Waals surface area contributed by atoms with Crippen LogP contribution >= 0.6 is 11.6 Å². The number of nitrogens with one attached hydrogen (secondary N) is 2. The second kappa shape index (κ2) is 13.0. The second-order valence-electron chi connectivity index (χ2n) is 10.5. The molecule has 2 atom stereocenters. The summed E-state index contributed by atoms with van der Waals surface area (Å²) in [5.41, 5.74) is -0.478. The maximum atomic E-state index is 12.7. The Morgan fingerprint density at radius 2 is 1.75 bits per heavy atom. The number of hydrogen-bond donors (Lipinski definition) is 2. The van der Waals surface area contributed by atoms with Crippen LogP contribution in [0.15, 0.2) is 35.5 Å². The number of terminal acetylenes is 1. The zero-order valence-electron chi connectivity index (χ0n) is 21.1. The fraction of sp³-hybridized carbons (Fsp3) is 0.600. The molecule has 0 aliphatic rings. The Labute approximate surface area is 201 Å². The summed E-state index contributed by atoms with van der Waals surface area (Å²) in [5.74, 6) is 1.55. The predicted octanol–water partition coefficient (Wildman–Crippen LogP) is 5.65. The molecule has 0 aromatic heterocycles. The van der Waals surface area contributed by atoms with E-state index < -0.39 is 25.7 Å². The molecule has 2 N–H and O–H groups in total. The Kier molecular flexibility index (Phi) is 12.3. The highest BCUT2D eigenvalue weighted by molar-refractivity contribution is 6.74. The van der Waals surface area contributed by atoms with Gasteiger partial charge in [0.15, 0.2) is 8.32 Å². The van der Waals surface area contributed by atoms with Gasteiger partial charge >= 0.3 is 0 Å². The molecule has 0 rings (SSSR count). The first-order chi connectivity index (χ1) is 14.5. The van der Waals surface area contributed by atoms with Crippen LogP contribution in [0.4, 0.5) is 0 Å². The van der Waals surface area contributed by atoms with Crippen molar-refractivity contribution in [3.63, 3.8) is 0 Å². The minimum absolute atomic E-state index is 0.0373. The zero-order chi connectivity index (χ0) is 25.2. The van der Waals surface area contributed by atoms with Gasteiger partial charge in [-0.2, -0.15) is 0 Å². The molecule has 2 amide bonds. The van der Waals surface area contributed by atoms with Crippen LogP contribution in [0.5, 0.6) is 0 Å². The lowest BCUT2D eigenvalue weighted by atomic mass is 9.86. The van der Waals surface area contributed by atoms with Crippen LogP contribution in [0.3, 0.4) is 0 Å². The van der Waals surface area contributed by atoms with Gasteiger partial charge in [-0.15, -0.1) is 6.42 Å². The van der Waals surface area contributed by atoms with Crippen molar-refractivity contribution in [2.45, 2.75) is 91.6 Å². The van der Waals surface area contributed by atoms with Gasteiger partial charge < -0.3 is 15.1 Å². The molecular weight excluding hydrogens is 440 g/mol. The third-order valence-corrected chi connectivity index (χ3v) is 10.1. The third kappa shape index (κ3) is 11.7. The van der Waals surface area contributed by atoms with E-state index >= 15 is 0 Å². The van der Waals surface area contributed by atoms with Gasteiger partial charge in [0.2, 0.25) is 11.8 Å². The maximum Gasteiger partial charge on any atom is 0.247 e. The summed E-state index contributed by atoms with van der Waals surface area (Å²) in [6.07, 6.45) is 14.4. The molecule has 0 aromatic carbocycles. The molecule has 0 heterocycles. The molecule has 0 saturated carbocycles. The molecule has 0 aromatic rings. The summed E-state index contributed by atoms with van der Waals surface area (Å²) in [5, 5.41) is 6.32. The summed E-state index contributed by atoms with van der Waals surface area (Å²) >= 11 is 6.03. The lowest BCUT2D eigenvalue weighted by Crippen LogP contribution is -2.52. The fourth-order valence-corrected chi connectivity index (χ4v) is 3.98. The highest BCUT2D eigenvalue weighted by Crippen LogP contribution is 2.38. The summed E-state index contributed by atoms with van der Waals surface area (Å²) in [4.78, 5) is 24.7. The number of rotatable bonds is 10. The van der Waals surface area contributed by atoms with Crippen molar-refractivity contribution in [3.8, 4) is 12.3 Å². The van der Waals surface area contributed by atoms with Gasteiger partial charge in [-0.25, -0.2) is 0 Å². The van der Waals surface area contributed by atoms with E-state index in [4.69, 9.17) is 22.5 Å². The topological polar surface area (TPSA) is 67.4 Å². The van der Waals surface area contributed by atoms with Crippen LogP contribution in [0.2, 0.25) is 18.1 Å². The minimum atomic E-state index is -1.96. The van der Waals surface area contributed by atoms with Gasteiger partial charge in [-0.05, 0) is 55.6 Å². The van der Waals surface area contributed by atoms with Gasteiger partial charge in [-0.3, -0.25) is 9.59 Å². The second-order valence-corrected chi connectivity index (χ2v) is 15.8. The van der Waals surface area contributed by atoms with Crippen LogP contribution in [0.1, 0.15) is 61.3 Å². The Hall–Kier alpha value is -1.81. The average Bonchev–Trinajstić information content (AvgIpc) is 2.63. The van der Waals surface area contributed by atoms with E-state index in [1.165, 1.54) is 12.2 Å². The normalized spacial score (nSPS) is 15.5. The van der Waals surface area contributed by atoms with Crippen LogP contribution in [-0.4, -0.2) is 32.3 Å². The Morgan fingerprint density at radius 1 is 1.16 bits per heavy atom. The number of allylic oxidation sites excluding steroid dienone is 2. The first-order valence-corrected chi connectivity index (χ1v) is 14.2. The largest absolute Gasteiger partial charge is 0.413 e. The predicted molar refractivity (Wildman–Crippen MR) is 138 cm³/mol. The van der Waals surface area contributed by atoms with Crippen molar-refractivity contribution in [1.29, 1.82) is 0 Å². The Bertz CT molecular complexity index is 762. The van der Waals surface area contributed by atoms with Gasteiger partial charge in [0.05, 0.1) is 6.10 Å². The first-order valence-electron chi connectivity index (χ1n) is 10.9. The molecule has 0 radical (unpaired) electrons. The van der Waals surface area contributed by atoms with E-state index in [-0.39, 0.29) is 17.0 Å². The molecule has 0 fully saturated rings. The molecule has 0 aliphatic carbocycles. The van der Waals surface area contributed by atoms with Crippen molar-refractivity contribution in [1.82, 2.24) is 10.6 Å². The Morgan fingerprint density at radius 3 is 2.22 bits per heavy atom. The molecule has 0 unspecified atom stereocenters. The fourth-order valence-electron chi connectivity index (χ4n) is 2.51. The molecule has 7 heteroatoms. The highest BCUT2D eigenvalue weighted by Gasteiger charge is 2.38. The first kappa shape index (κ1) is 30.2. The Balaban J connectivity index is 5.22. The van der Waals surface area contributed by atoms with Gasteiger partial charge in [0.1, 0.15) is 6.04 Å². The van der Waals surface area contributed by atoms with Crippen molar-refractivity contribution in [3.05, 3.63) is 35.5 Å². The third-order valence-electron chi connectivity index (χ3n) is 5.42. The lowest BCUT2D eigenvalue weighted by molar-refractivity contribution is -0.129. The van der Waals surface area contributed by atoms with E-state index in [1.807, 2.05) is 39.8 Å². The van der Waals surface area contributed by atoms with Crippen molar-refractivity contribution in [2.24, 2.45) is 5.41 Å². The summed E-state index contributed by atoms with van der Waals surface area (Å²) < 4.78 is 6.54. The number of halogens is 1. The molecule has 32 heavy (non-hydrogen) atoms. The van der Waals surface area contributed by atoms with E-state index in [1.54, 1.807) is 6.20 Å². The van der Waals surface area contributed by atoms with E-state index in [2.05, 4.69) is 50.4 Å². The van der Waals surface area contributed by atoms with Gasteiger partial charge in [0.25, 0.3) is 0 Å². The maximum absolute atomic E-state index is 12.7. The standard InChI is InChI=1S/C25H41ClN2O3Si/c1-11-12-15-21(29)28-22(24(3,4)5)23(30)27-18-13-14-20(17-16-19(2)26)31-32(9,10)25(6,7)8/h1,12-13,15-16,18,20,22H,14,17H2,2-10H3,(H,27,30)(H,28,29)/b15-12+,18-13-,19-16+/t20-,22-/m1/s1. The van der Waals surface area contributed by atoms with Gasteiger partial charge in [-0.1, -0.05) is 71.2 Å². The number of hydrogen-bond acceptors (Lipinski definition) is 3. The SMILES string of the molecule is C#C/C=C/C(=O)N[C@H](C(=O)N/C=C\C[C@H](C/C=C(\C)Cl)O[Si](C)(C)C(C)(C)C)C(C)(C)C. The average molecular weight is 481 g/mol. The van der Waals surface area contributed by atoms with Crippen LogP contribution in [-0.2, 0) is 14.0 Å². The highest BCUT2D eigenvalue weighted by atomic mass is 35.5. The summed E-state index contributed by atoms with van der Waals surface area (Å²) in [6, 6.07) is -0.719. The summed E-state index contributed by atoms with van der Waals surface area (Å²) in [7, 11) is -1.96. The van der Waals surface area contributed by atoms with Crippen LogP contribution < -0.4 is 10.6 Å². The quantitative estimate of drug-likeness (QED) is 0.241.